The van der Waals surface area contributed by atoms with E-state index < -0.39 is 0 Å². The van der Waals surface area contributed by atoms with Gasteiger partial charge in [0.1, 0.15) is 12.4 Å². The largest absolute Gasteiger partial charge is 0.486 e. The summed E-state index contributed by atoms with van der Waals surface area (Å²) in [7, 11) is 0. The lowest BCUT2D eigenvalue weighted by Gasteiger charge is -2.09. The number of aryl methyl sites for hydroxylation is 1. The molecule has 1 N–H and O–H groups in total. The number of benzene rings is 2. The molecule has 0 saturated carbocycles. The van der Waals surface area contributed by atoms with Crippen LogP contribution in [0.3, 0.4) is 0 Å². The first-order valence-corrected chi connectivity index (χ1v) is 9.12. The van der Waals surface area contributed by atoms with E-state index in [4.69, 9.17) is 4.74 Å². The van der Waals surface area contributed by atoms with Gasteiger partial charge in [0, 0.05) is 30.2 Å². The Morgan fingerprint density at radius 2 is 2.00 bits per heavy atom. The van der Waals surface area contributed by atoms with Gasteiger partial charge in [-0.1, -0.05) is 6.07 Å². The van der Waals surface area contributed by atoms with Gasteiger partial charge in [-0.3, -0.25) is 4.79 Å². The number of ether oxygens (including phenoxy) is 1. The van der Waals surface area contributed by atoms with Gasteiger partial charge in [0.2, 0.25) is 0 Å². The number of amides is 1. The minimum absolute atomic E-state index is 0.222. The van der Waals surface area contributed by atoms with Gasteiger partial charge in [-0.2, -0.15) is 5.10 Å². The minimum Gasteiger partial charge on any atom is -0.486 e. The summed E-state index contributed by atoms with van der Waals surface area (Å²) in [5, 5.41) is 18.5. The van der Waals surface area contributed by atoms with E-state index in [1.807, 2.05) is 43.5 Å². The second kappa shape index (κ2) is 8.34. The molecule has 0 fully saturated rings. The zero-order valence-electron chi connectivity index (χ0n) is 15.8. The van der Waals surface area contributed by atoms with Gasteiger partial charge < -0.3 is 10.1 Å². The van der Waals surface area contributed by atoms with Crippen LogP contribution in [0.4, 0.5) is 5.69 Å². The number of hydrogen-bond donors (Lipinski definition) is 1. The quantitative estimate of drug-likeness (QED) is 0.522. The van der Waals surface area contributed by atoms with Gasteiger partial charge in [-0.25, -0.2) is 9.36 Å². The van der Waals surface area contributed by atoms with E-state index >= 15 is 0 Å². The molecule has 0 radical (unpaired) electrons. The Balaban J connectivity index is 1.40. The molecule has 0 atom stereocenters. The van der Waals surface area contributed by atoms with E-state index in [1.54, 1.807) is 39.8 Å². The van der Waals surface area contributed by atoms with Crippen LogP contribution in [0.15, 0.2) is 67.0 Å². The van der Waals surface area contributed by atoms with Crippen LogP contribution in [-0.2, 0) is 13.2 Å². The van der Waals surface area contributed by atoms with Gasteiger partial charge in [0.25, 0.3) is 5.91 Å². The van der Waals surface area contributed by atoms with E-state index in [-0.39, 0.29) is 12.5 Å². The van der Waals surface area contributed by atoms with Gasteiger partial charge in [-0.15, -0.1) is 5.10 Å². The second-order valence-corrected chi connectivity index (χ2v) is 6.18. The molecule has 29 heavy (non-hydrogen) atoms. The molecule has 0 aliphatic rings. The maximum absolute atomic E-state index is 12.6. The molecule has 0 bridgehead atoms. The summed E-state index contributed by atoms with van der Waals surface area (Å²) >= 11 is 0. The number of nitrogens with one attached hydrogen (secondary N) is 1. The van der Waals surface area contributed by atoms with Crippen molar-refractivity contribution in [1.29, 1.82) is 0 Å². The Hall–Kier alpha value is -4.01. The van der Waals surface area contributed by atoms with Crippen LogP contribution >= 0.6 is 0 Å². The number of nitrogens with zero attached hydrogens (tertiary/aromatic N) is 6. The van der Waals surface area contributed by atoms with Crippen molar-refractivity contribution in [2.24, 2.45) is 0 Å². The molecule has 1 amide bonds. The maximum Gasteiger partial charge on any atom is 0.255 e. The van der Waals surface area contributed by atoms with Crippen LogP contribution in [0.5, 0.6) is 5.75 Å². The standard InChI is InChI=1S/C20H19N7O2/c1-2-26-19(23-24-25-26)14-29-18-6-3-5-15(13-18)20(28)22-16-7-9-17(10-8-16)27-12-4-11-21-27/h3-13H,2,14H2,1H3,(H,22,28). The average molecular weight is 389 g/mol. The highest BCUT2D eigenvalue weighted by molar-refractivity contribution is 6.04. The Labute approximate surface area is 166 Å². The van der Waals surface area contributed by atoms with E-state index in [0.29, 0.717) is 29.4 Å². The summed E-state index contributed by atoms with van der Waals surface area (Å²) < 4.78 is 9.15. The molecule has 146 valence electrons. The molecule has 0 unspecified atom stereocenters. The van der Waals surface area contributed by atoms with Crippen molar-refractivity contribution < 1.29 is 9.53 Å². The number of carbonyl (C=O) groups is 1. The monoisotopic (exact) mass is 389 g/mol. The zero-order chi connectivity index (χ0) is 20.1. The number of anilines is 1. The first-order chi connectivity index (χ1) is 14.2. The molecule has 0 aliphatic carbocycles. The fourth-order valence-corrected chi connectivity index (χ4v) is 2.77. The summed E-state index contributed by atoms with van der Waals surface area (Å²) in [6.07, 6.45) is 3.57. The van der Waals surface area contributed by atoms with Crippen molar-refractivity contribution in [2.75, 3.05) is 5.32 Å². The highest BCUT2D eigenvalue weighted by atomic mass is 16.5. The Kier molecular flexibility index (Phi) is 5.28. The summed E-state index contributed by atoms with van der Waals surface area (Å²) in [6, 6.07) is 16.3. The molecule has 0 spiro atoms. The van der Waals surface area contributed by atoms with Gasteiger partial charge >= 0.3 is 0 Å². The van der Waals surface area contributed by atoms with Crippen LogP contribution in [0.1, 0.15) is 23.1 Å². The molecule has 2 aromatic carbocycles. The second-order valence-electron chi connectivity index (χ2n) is 6.18. The van der Waals surface area contributed by atoms with Crippen LogP contribution in [0.2, 0.25) is 0 Å². The first kappa shape index (κ1) is 18.4. The molecule has 0 aliphatic heterocycles. The number of aromatic nitrogens is 6. The van der Waals surface area contributed by atoms with E-state index in [0.717, 1.165) is 5.69 Å². The van der Waals surface area contributed by atoms with Crippen molar-refractivity contribution in [2.45, 2.75) is 20.1 Å². The lowest BCUT2D eigenvalue weighted by atomic mass is 10.2. The molecule has 2 heterocycles. The predicted octanol–water partition coefficient (Wildman–Crippen LogP) is 2.71. The van der Waals surface area contributed by atoms with E-state index in [1.165, 1.54) is 0 Å². The molecule has 9 heteroatoms. The Bertz CT molecular complexity index is 1090. The molecule has 4 rings (SSSR count). The van der Waals surface area contributed by atoms with Gasteiger partial charge in [0.05, 0.1) is 5.69 Å². The molecular formula is C20H19N7O2. The minimum atomic E-state index is -0.222. The highest BCUT2D eigenvalue weighted by Crippen LogP contribution is 2.17. The lowest BCUT2D eigenvalue weighted by Crippen LogP contribution is -2.12. The summed E-state index contributed by atoms with van der Waals surface area (Å²) in [5.74, 6) is 0.970. The van der Waals surface area contributed by atoms with Crippen LogP contribution in [-0.4, -0.2) is 35.9 Å². The smallest absolute Gasteiger partial charge is 0.255 e. The number of hydrogen-bond acceptors (Lipinski definition) is 6. The van der Waals surface area contributed by atoms with E-state index in [2.05, 4.69) is 25.9 Å². The number of rotatable bonds is 7. The van der Waals surface area contributed by atoms with Crippen molar-refractivity contribution in [1.82, 2.24) is 30.0 Å². The van der Waals surface area contributed by atoms with Crippen molar-refractivity contribution in [3.8, 4) is 11.4 Å². The molecular weight excluding hydrogens is 370 g/mol. The Morgan fingerprint density at radius 3 is 2.76 bits per heavy atom. The van der Waals surface area contributed by atoms with Crippen molar-refractivity contribution in [3.05, 3.63) is 78.4 Å². The normalized spacial score (nSPS) is 10.7. The summed E-state index contributed by atoms with van der Waals surface area (Å²) in [4.78, 5) is 12.6. The first-order valence-electron chi connectivity index (χ1n) is 9.12. The lowest BCUT2D eigenvalue weighted by molar-refractivity contribution is 0.102. The fourth-order valence-electron chi connectivity index (χ4n) is 2.77. The van der Waals surface area contributed by atoms with Gasteiger partial charge in [-0.05, 0) is 65.9 Å². The third kappa shape index (κ3) is 4.29. The van der Waals surface area contributed by atoms with Gasteiger partial charge in [0.15, 0.2) is 5.82 Å². The topological polar surface area (TPSA) is 99.8 Å². The number of carbonyl (C=O) groups excluding carboxylic acids is 1. The van der Waals surface area contributed by atoms with Crippen molar-refractivity contribution in [3.63, 3.8) is 0 Å². The van der Waals surface area contributed by atoms with Crippen LogP contribution in [0, 0.1) is 0 Å². The van der Waals surface area contributed by atoms with Crippen molar-refractivity contribution >= 4 is 11.6 Å². The SMILES string of the molecule is CCn1nnnc1COc1cccc(C(=O)Nc2ccc(-n3cccn3)cc2)c1. The maximum atomic E-state index is 12.6. The fraction of sp³-hybridized carbons (Fsp3) is 0.150. The molecule has 9 nitrogen and oxygen atoms in total. The molecule has 4 aromatic rings. The average Bonchev–Trinajstić information content (AvgIpc) is 3.45. The zero-order valence-corrected chi connectivity index (χ0v) is 15.8. The predicted molar refractivity (Wildman–Crippen MR) is 106 cm³/mol. The molecule has 2 aromatic heterocycles. The summed E-state index contributed by atoms with van der Waals surface area (Å²) in [6.45, 7) is 2.83. The summed E-state index contributed by atoms with van der Waals surface area (Å²) in [5.41, 5.74) is 2.10. The third-order valence-electron chi connectivity index (χ3n) is 4.26. The number of tetrazole rings is 1. The third-order valence-corrected chi connectivity index (χ3v) is 4.26. The van der Waals surface area contributed by atoms with E-state index in [9.17, 15) is 4.79 Å². The molecule has 0 saturated heterocycles. The highest BCUT2D eigenvalue weighted by Gasteiger charge is 2.09. The van der Waals surface area contributed by atoms with Crippen LogP contribution in [0.25, 0.3) is 5.69 Å². The van der Waals surface area contributed by atoms with Crippen LogP contribution < -0.4 is 10.1 Å². The Morgan fingerprint density at radius 1 is 1.14 bits per heavy atom.